The molecule has 1 fully saturated rings. The van der Waals surface area contributed by atoms with E-state index in [0.717, 1.165) is 6.42 Å². The second-order valence-electron chi connectivity index (χ2n) is 7.72. The monoisotopic (exact) mass is 425 g/mol. The second kappa shape index (κ2) is 8.86. The van der Waals surface area contributed by atoms with Gasteiger partial charge in [0.05, 0.1) is 31.1 Å². The first kappa shape index (κ1) is 21.0. The quantitative estimate of drug-likeness (QED) is 0.475. The Morgan fingerprint density at radius 3 is 2.77 bits per heavy atom. The van der Waals surface area contributed by atoms with Gasteiger partial charge in [-0.1, -0.05) is 0 Å². The van der Waals surface area contributed by atoms with Gasteiger partial charge in [0, 0.05) is 12.6 Å². The summed E-state index contributed by atoms with van der Waals surface area (Å²) in [5.74, 6) is 0.845. The first-order valence-corrected chi connectivity index (χ1v) is 10.3. The summed E-state index contributed by atoms with van der Waals surface area (Å²) in [5, 5.41) is 11.0. The fraction of sp³-hybridized carbons (Fsp3) is 0.429. The molecule has 0 radical (unpaired) electrons. The Morgan fingerprint density at radius 2 is 2.03 bits per heavy atom. The van der Waals surface area contributed by atoms with Crippen molar-refractivity contribution >= 4 is 22.9 Å². The van der Waals surface area contributed by atoms with E-state index in [1.165, 1.54) is 6.33 Å². The lowest BCUT2D eigenvalue weighted by molar-refractivity contribution is 0.0447. The average Bonchev–Trinajstić information content (AvgIpc) is 3.37. The number of aromatic nitrogens is 4. The first-order valence-electron chi connectivity index (χ1n) is 10.3. The predicted molar refractivity (Wildman–Crippen MR) is 116 cm³/mol. The van der Waals surface area contributed by atoms with Crippen LogP contribution in [0.4, 0.5) is 5.82 Å². The Kier molecular flexibility index (Phi) is 6.01. The van der Waals surface area contributed by atoms with Gasteiger partial charge in [0.1, 0.15) is 17.6 Å². The zero-order chi connectivity index (χ0) is 22.0. The van der Waals surface area contributed by atoms with Gasteiger partial charge < -0.3 is 30.8 Å². The number of hydrogen-bond donors (Lipinski definition) is 3. The lowest BCUT2D eigenvalue weighted by Crippen LogP contribution is -2.43. The van der Waals surface area contributed by atoms with Crippen LogP contribution < -0.4 is 16.2 Å². The molecular formula is C21H27N7O3. The van der Waals surface area contributed by atoms with E-state index in [1.807, 2.05) is 4.57 Å². The van der Waals surface area contributed by atoms with Crippen molar-refractivity contribution in [2.24, 2.45) is 5.73 Å². The van der Waals surface area contributed by atoms with Crippen LogP contribution in [0.5, 0.6) is 5.75 Å². The van der Waals surface area contributed by atoms with E-state index >= 15 is 0 Å². The summed E-state index contributed by atoms with van der Waals surface area (Å²) in [6.07, 6.45) is 4.36. The molecule has 1 amide bonds. The van der Waals surface area contributed by atoms with Crippen molar-refractivity contribution in [3.63, 3.8) is 0 Å². The summed E-state index contributed by atoms with van der Waals surface area (Å²) in [4.78, 5) is 27.1. The molecule has 4 rings (SSSR count). The van der Waals surface area contributed by atoms with Crippen LogP contribution in [0.3, 0.4) is 0 Å². The van der Waals surface area contributed by atoms with Crippen LogP contribution in [-0.2, 0) is 0 Å². The number of carbonyl (C=O) groups excluding carboxylic acids is 1. The molecule has 164 valence electrons. The van der Waals surface area contributed by atoms with Gasteiger partial charge in [-0.3, -0.25) is 4.79 Å². The van der Waals surface area contributed by atoms with Gasteiger partial charge in [-0.05, 0) is 50.1 Å². The van der Waals surface area contributed by atoms with E-state index in [0.29, 0.717) is 54.3 Å². The maximum atomic E-state index is 13.0. The molecule has 0 spiro atoms. The summed E-state index contributed by atoms with van der Waals surface area (Å²) in [7, 11) is 1.72. The minimum Gasteiger partial charge on any atom is -0.494 e. The van der Waals surface area contributed by atoms with Gasteiger partial charge >= 0.3 is 0 Å². The third-order valence-electron chi connectivity index (χ3n) is 5.83. The highest BCUT2D eigenvalue weighted by Gasteiger charge is 2.40. The molecule has 10 heteroatoms. The maximum Gasteiger partial charge on any atom is 0.253 e. The van der Waals surface area contributed by atoms with Gasteiger partial charge in [-0.15, -0.1) is 0 Å². The Balaban J connectivity index is 1.46. The number of carbonyl (C=O) groups is 1. The number of hydrogen-bond acceptors (Lipinski definition) is 8. The summed E-state index contributed by atoms with van der Waals surface area (Å²) in [6, 6.07) is 6.43. The van der Waals surface area contributed by atoms with E-state index in [4.69, 9.17) is 16.2 Å². The van der Waals surface area contributed by atoms with E-state index in [-0.39, 0.29) is 18.0 Å². The SMILES string of the molecule is CN(C(=O)c1ccc(OCCCN)cc1)[C@@H]1CC[C@H](n2cnc3c(N)ncnc32)[C@H]1O. The standard InChI is InChI=1S/C21H27N7O3/c1-27(21(30)13-3-5-14(6-4-13)31-10-2-9-22)15-7-8-16(18(15)29)28-12-26-17-19(23)24-11-25-20(17)28/h3-6,11-12,15-16,18,29H,2,7-10,22H2,1H3,(H2,23,24,25)/t15-,16+,18+/m1/s1. The number of benzene rings is 1. The Bertz CT molecular complexity index is 1050. The van der Waals surface area contributed by atoms with Crippen LogP contribution in [0.15, 0.2) is 36.9 Å². The number of aliphatic hydroxyl groups excluding tert-OH is 1. The molecule has 2 aromatic heterocycles. The normalized spacial score (nSPS) is 20.8. The highest BCUT2D eigenvalue weighted by molar-refractivity contribution is 5.94. The molecule has 0 saturated heterocycles. The molecule has 5 N–H and O–H groups in total. The number of amides is 1. The van der Waals surface area contributed by atoms with Crippen molar-refractivity contribution < 1.29 is 14.6 Å². The van der Waals surface area contributed by atoms with Crippen LogP contribution >= 0.6 is 0 Å². The highest BCUT2D eigenvalue weighted by atomic mass is 16.5. The summed E-state index contributed by atoms with van der Waals surface area (Å²) < 4.78 is 7.41. The average molecular weight is 425 g/mol. The van der Waals surface area contributed by atoms with Crippen LogP contribution in [-0.4, -0.2) is 67.8 Å². The van der Waals surface area contributed by atoms with Gasteiger partial charge in [0.25, 0.3) is 5.91 Å². The minimum atomic E-state index is -0.763. The number of anilines is 1. The molecule has 2 heterocycles. The topological polar surface area (TPSA) is 145 Å². The number of likely N-dealkylation sites (N-methyl/N-ethyl adjacent to an activating group) is 1. The largest absolute Gasteiger partial charge is 0.494 e. The Hall–Kier alpha value is -3.24. The fourth-order valence-electron chi connectivity index (χ4n) is 4.10. The second-order valence-corrected chi connectivity index (χ2v) is 7.72. The Labute approximate surface area is 179 Å². The molecule has 1 aromatic carbocycles. The number of ether oxygens (including phenoxy) is 1. The predicted octanol–water partition coefficient (Wildman–Crippen LogP) is 0.973. The number of fused-ring (bicyclic) bond motifs is 1. The smallest absolute Gasteiger partial charge is 0.253 e. The molecule has 31 heavy (non-hydrogen) atoms. The van der Waals surface area contributed by atoms with Crippen molar-refractivity contribution in [3.8, 4) is 5.75 Å². The third-order valence-corrected chi connectivity index (χ3v) is 5.83. The van der Waals surface area contributed by atoms with Crippen molar-refractivity contribution in [3.05, 3.63) is 42.5 Å². The van der Waals surface area contributed by atoms with Gasteiger partial charge in [0.15, 0.2) is 11.5 Å². The van der Waals surface area contributed by atoms with Crippen LogP contribution in [0.25, 0.3) is 11.2 Å². The molecule has 3 atom stereocenters. The van der Waals surface area contributed by atoms with Crippen LogP contribution in [0.1, 0.15) is 35.7 Å². The van der Waals surface area contributed by atoms with Crippen molar-refractivity contribution in [1.82, 2.24) is 24.4 Å². The lowest BCUT2D eigenvalue weighted by Gasteiger charge is -2.29. The molecule has 1 aliphatic carbocycles. The molecule has 0 bridgehead atoms. The van der Waals surface area contributed by atoms with Crippen molar-refractivity contribution in [2.45, 2.75) is 37.5 Å². The van der Waals surface area contributed by atoms with Crippen molar-refractivity contribution in [1.29, 1.82) is 0 Å². The molecule has 1 saturated carbocycles. The van der Waals surface area contributed by atoms with Gasteiger partial charge in [0.2, 0.25) is 0 Å². The van der Waals surface area contributed by atoms with Crippen LogP contribution in [0.2, 0.25) is 0 Å². The van der Waals surface area contributed by atoms with Crippen molar-refractivity contribution in [2.75, 3.05) is 25.9 Å². The van der Waals surface area contributed by atoms with Gasteiger partial charge in [-0.25, -0.2) is 15.0 Å². The molecule has 0 aliphatic heterocycles. The zero-order valence-corrected chi connectivity index (χ0v) is 17.4. The first-order chi connectivity index (χ1) is 15.0. The maximum absolute atomic E-state index is 13.0. The van der Waals surface area contributed by atoms with E-state index in [2.05, 4.69) is 15.0 Å². The molecule has 0 unspecified atom stereocenters. The number of imidazole rings is 1. The zero-order valence-electron chi connectivity index (χ0n) is 17.4. The minimum absolute atomic E-state index is 0.153. The van der Waals surface area contributed by atoms with E-state index in [1.54, 1.807) is 42.5 Å². The van der Waals surface area contributed by atoms with Gasteiger partial charge in [-0.2, -0.15) is 0 Å². The number of nitrogen functional groups attached to an aromatic ring is 1. The molecular weight excluding hydrogens is 398 g/mol. The number of rotatable bonds is 7. The number of nitrogens with zero attached hydrogens (tertiary/aromatic N) is 5. The Morgan fingerprint density at radius 1 is 1.26 bits per heavy atom. The van der Waals surface area contributed by atoms with E-state index in [9.17, 15) is 9.90 Å². The number of nitrogens with two attached hydrogens (primary N) is 2. The summed E-state index contributed by atoms with van der Waals surface area (Å²) in [6.45, 7) is 1.11. The summed E-state index contributed by atoms with van der Waals surface area (Å²) in [5.41, 5.74) is 13.0. The molecule has 10 nitrogen and oxygen atoms in total. The number of aliphatic hydroxyl groups is 1. The third kappa shape index (κ3) is 4.04. The molecule has 3 aromatic rings. The van der Waals surface area contributed by atoms with E-state index < -0.39 is 6.10 Å². The van der Waals surface area contributed by atoms with Crippen LogP contribution in [0, 0.1) is 0 Å². The fourth-order valence-corrected chi connectivity index (χ4v) is 4.10. The highest BCUT2D eigenvalue weighted by Crippen LogP contribution is 2.35. The summed E-state index contributed by atoms with van der Waals surface area (Å²) >= 11 is 0. The molecule has 1 aliphatic rings. The lowest BCUT2D eigenvalue weighted by atomic mass is 10.1.